The molecule has 1 unspecified atom stereocenters. The number of pyridine rings is 1. The van der Waals surface area contributed by atoms with Gasteiger partial charge in [0.1, 0.15) is 35.5 Å². The summed E-state index contributed by atoms with van der Waals surface area (Å²) in [6.07, 6.45) is 6.12. The van der Waals surface area contributed by atoms with E-state index in [2.05, 4.69) is 48.3 Å². The van der Waals surface area contributed by atoms with Crippen molar-refractivity contribution in [2.24, 2.45) is 0 Å². The molecule has 14 heteroatoms. The summed E-state index contributed by atoms with van der Waals surface area (Å²) in [6.45, 7) is 4.37. The number of para-hydroxylation sites is 2. The molecule has 4 heterocycles. The Labute approximate surface area is 248 Å². The van der Waals surface area contributed by atoms with Gasteiger partial charge in [-0.15, -0.1) is 0 Å². The van der Waals surface area contributed by atoms with E-state index in [-0.39, 0.29) is 17.9 Å². The first kappa shape index (κ1) is 29.5. The number of benzene rings is 1. The van der Waals surface area contributed by atoms with Gasteiger partial charge in [0.2, 0.25) is 0 Å². The number of aryl methyl sites for hydroxylation is 1. The molecule has 14 nitrogen and oxygen atoms in total. The third-order valence-electron chi connectivity index (χ3n) is 7.83. The number of rotatable bonds is 10. The Bertz CT molecular complexity index is 1490. The van der Waals surface area contributed by atoms with Crippen LogP contribution in [0.2, 0.25) is 0 Å². The van der Waals surface area contributed by atoms with Crippen LogP contribution in [0.15, 0.2) is 42.7 Å². The van der Waals surface area contributed by atoms with Crippen LogP contribution in [0.1, 0.15) is 48.9 Å². The maximum absolute atomic E-state index is 12.5. The highest BCUT2D eigenvalue weighted by Crippen LogP contribution is 2.33. The van der Waals surface area contributed by atoms with Crippen LogP contribution < -0.4 is 26.2 Å². The number of aromatic nitrogens is 3. The topological polar surface area (TPSA) is 188 Å². The van der Waals surface area contributed by atoms with Crippen LogP contribution in [0, 0.1) is 10.1 Å². The minimum atomic E-state index is -1.33. The van der Waals surface area contributed by atoms with Gasteiger partial charge in [-0.3, -0.25) is 10.1 Å². The van der Waals surface area contributed by atoms with E-state index in [0.29, 0.717) is 18.2 Å². The third-order valence-corrected chi connectivity index (χ3v) is 7.83. The normalized spacial score (nSPS) is 15.5. The van der Waals surface area contributed by atoms with Crippen molar-refractivity contribution in [1.29, 1.82) is 0 Å². The minimum absolute atomic E-state index is 0.0429. The molecule has 2 aromatic heterocycles. The zero-order valence-electron chi connectivity index (χ0n) is 23.9. The first-order chi connectivity index (χ1) is 20.8. The first-order valence-corrected chi connectivity index (χ1v) is 14.4. The number of anilines is 4. The number of aliphatic carboxylic acids is 1. The number of nitro groups is 1. The van der Waals surface area contributed by atoms with E-state index >= 15 is 0 Å². The van der Waals surface area contributed by atoms with E-state index in [1.807, 2.05) is 6.92 Å². The molecule has 1 saturated heterocycles. The van der Waals surface area contributed by atoms with Crippen molar-refractivity contribution < 1.29 is 19.6 Å². The number of carboxylic acid groups (broad SMARTS) is 1. The van der Waals surface area contributed by atoms with Crippen molar-refractivity contribution >= 4 is 40.8 Å². The van der Waals surface area contributed by atoms with Crippen molar-refractivity contribution in [3.05, 3.63) is 69.7 Å². The SMILES string of the molecule is CCc1c(NCC(NC(=O)Nc2ccccc2[N+](=O)[O-])C(=O)O)ncnc1N1CCC(c2ccc3c(n2)NCCC3)CC1. The monoisotopic (exact) mass is 589 g/mol. The van der Waals surface area contributed by atoms with Crippen molar-refractivity contribution in [2.45, 2.75) is 51.0 Å². The number of nitrogens with one attached hydrogen (secondary N) is 4. The number of amides is 2. The molecule has 0 radical (unpaired) electrons. The fourth-order valence-electron chi connectivity index (χ4n) is 5.57. The summed E-state index contributed by atoms with van der Waals surface area (Å²) in [5.41, 5.74) is 2.90. The van der Waals surface area contributed by atoms with Crippen LogP contribution in [0.4, 0.5) is 33.6 Å². The number of piperidine rings is 1. The molecule has 5 rings (SSSR count). The summed E-state index contributed by atoms with van der Waals surface area (Å²) < 4.78 is 0. The van der Waals surface area contributed by atoms with E-state index < -0.39 is 23.0 Å². The smallest absolute Gasteiger partial charge is 0.328 e. The van der Waals surface area contributed by atoms with Gasteiger partial charge in [0.25, 0.3) is 5.69 Å². The molecule has 0 bridgehead atoms. The molecule has 1 atom stereocenters. The summed E-state index contributed by atoms with van der Waals surface area (Å²) in [5.74, 6) is 1.39. The highest BCUT2D eigenvalue weighted by atomic mass is 16.6. The molecule has 0 spiro atoms. The Morgan fingerprint density at radius 1 is 1.19 bits per heavy atom. The summed E-state index contributed by atoms with van der Waals surface area (Å²) in [6, 6.07) is 7.75. The zero-order valence-corrected chi connectivity index (χ0v) is 23.9. The fraction of sp³-hybridized carbons (Fsp3) is 0.414. The summed E-state index contributed by atoms with van der Waals surface area (Å²) >= 11 is 0. The second kappa shape index (κ2) is 13.3. The highest BCUT2D eigenvalue weighted by Gasteiger charge is 2.27. The lowest BCUT2D eigenvalue weighted by atomic mass is 9.92. The third kappa shape index (κ3) is 6.90. The second-order valence-electron chi connectivity index (χ2n) is 10.6. The van der Waals surface area contributed by atoms with Gasteiger partial charge >= 0.3 is 12.0 Å². The van der Waals surface area contributed by atoms with Gasteiger partial charge < -0.3 is 31.3 Å². The highest BCUT2D eigenvalue weighted by molar-refractivity contribution is 5.94. The van der Waals surface area contributed by atoms with Gasteiger partial charge in [0.05, 0.1) is 4.92 Å². The Balaban J connectivity index is 1.21. The van der Waals surface area contributed by atoms with Crippen molar-refractivity contribution in [3.8, 4) is 0 Å². The molecule has 226 valence electrons. The van der Waals surface area contributed by atoms with Gasteiger partial charge in [-0.2, -0.15) is 0 Å². The molecule has 0 saturated carbocycles. The van der Waals surface area contributed by atoms with E-state index in [4.69, 9.17) is 4.98 Å². The maximum Gasteiger partial charge on any atom is 0.328 e. The zero-order chi connectivity index (χ0) is 30.3. The van der Waals surface area contributed by atoms with Crippen LogP contribution in [-0.4, -0.2) is 69.2 Å². The number of carbonyl (C=O) groups excluding carboxylic acids is 1. The van der Waals surface area contributed by atoms with Crippen LogP contribution in [0.25, 0.3) is 0 Å². The molecule has 2 amide bonds. The van der Waals surface area contributed by atoms with E-state index in [1.165, 1.54) is 36.2 Å². The van der Waals surface area contributed by atoms with Crippen molar-refractivity contribution in [2.75, 3.05) is 47.0 Å². The number of fused-ring (bicyclic) bond motifs is 1. The van der Waals surface area contributed by atoms with Crippen LogP contribution in [0.5, 0.6) is 0 Å². The Kier molecular flexibility index (Phi) is 9.13. The van der Waals surface area contributed by atoms with E-state index in [0.717, 1.165) is 68.2 Å². The molecule has 5 N–H and O–H groups in total. The van der Waals surface area contributed by atoms with Crippen LogP contribution in [0.3, 0.4) is 0 Å². The Morgan fingerprint density at radius 2 is 1.98 bits per heavy atom. The summed E-state index contributed by atoms with van der Waals surface area (Å²) in [5, 5.41) is 32.2. The molecular formula is C29H35N9O5. The molecular weight excluding hydrogens is 554 g/mol. The van der Waals surface area contributed by atoms with E-state index in [9.17, 15) is 24.8 Å². The van der Waals surface area contributed by atoms with Crippen LogP contribution in [-0.2, 0) is 17.6 Å². The number of hydrogen-bond acceptors (Lipinski definition) is 10. The number of nitro benzene ring substituents is 1. The van der Waals surface area contributed by atoms with Crippen molar-refractivity contribution in [3.63, 3.8) is 0 Å². The van der Waals surface area contributed by atoms with Gasteiger partial charge in [0.15, 0.2) is 0 Å². The second-order valence-corrected chi connectivity index (χ2v) is 10.6. The van der Waals surface area contributed by atoms with Gasteiger partial charge in [-0.25, -0.2) is 24.5 Å². The van der Waals surface area contributed by atoms with Crippen LogP contribution >= 0.6 is 0 Å². The summed E-state index contributed by atoms with van der Waals surface area (Å²) in [4.78, 5) is 51.1. The lowest BCUT2D eigenvalue weighted by Gasteiger charge is -2.34. The first-order valence-electron chi connectivity index (χ1n) is 14.4. The standard InChI is InChI=1S/C29H35N9O5/c1-2-20-26(31-16-23(28(39)40)36-29(41)35-22-7-3-4-8-24(22)38(42)43)32-17-33-27(20)37-14-11-18(12-15-37)21-10-9-19-6-5-13-30-25(19)34-21/h3-4,7-10,17-18,23H,2,5-6,11-16H2,1H3,(H,30,34)(H,39,40)(H,31,32,33)(H2,35,36,41). The number of urea groups is 1. The molecule has 1 aromatic carbocycles. The lowest BCUT2D eigenvalue weighted by molar-refractivity contribution is -0.383. The Hall–Kier alpha value is -5.01. The minimum Gasteiger partial charge on any atom is -0.480 e. The van der Waals surface area contributed by atoms with Gasteiger partial charge in [-0.1, -0.05) is 25.1 Å². The number of carboxylic acids is 1. The molecule has 2 aliphatic heterocycles. The lowest BCUT2D eigenvalue weighted by Crippen LogP contribution is -2.47. The van der Waals surface area contributed by atoms with Gasteiger partial charge in [-0.05, 0) is 49.8 Å². The number of nitrogens with zero attached hydrogens (tertiary/aromatic N) is 5. The molecule has 43 heavy (non-hydrogen) atoms. The largest absolute Gasteiger partial charge is 0.480 e. The molecule has 2 aliphatic rings. The average molecular weight is 590 g/mol. The molecule has 0 aliphatic carbocycles. The predicted molar refractivity (Wildman–Crippen MR) is 162 cm³/mol. The van der Waals surface area contributed by atoms with Crippen molar-refractivity contribution in [1.82, 2.24) is 20.3 Å². The Morgan fingerprint density at radius 3 is 2.72 bits per heavy atom. The average Bonchev–Trinajstić information content (AvgIpc) is 3.02. The fourth-order valence-corrected chi connectivity index (χ4v) is 5.57. The molecule has 1 fully saturated rings. The predicted octanol–water partition coefficient (Wildman–Crippen LogP) is 3.77. The van der Waals surface area contributed by atoms with E-state index in [1.54, 1.807) is 0 Å². The number of carbonyl (C=O) groups is 2. The quantitative estimate of drug-likeness (QED) is 0.171. The maximum atomic E-state index is 12.5. The molecule has 3 aromatic rings. The number of hydrogen-bond donors (Lipinski definition) is 5. The van der Waals surface area contributed by atoms with Gasteiger partial charge in [0, 0.05) is 49.4 Å². The summed E-state index contributed by atoms with van der Waals surface area (Å²) in [7, 11) is 0.